The number of nitrogens with zero attached hydrogens (tertiary/aromatic N) is 1. The maximum absolute atomic E-state index is 12.4. The Kier molecular flexibility index (Phi) is 5.49. The number of amides is 2. The van der Waals surface area contributed by atoms with Gasteiger partial charge in [0, 0.05) is 26.1 Å². The molecule has 0 radical (unpaired) electrons. The van der Waals surface area contributed by atoms with E-state index in [1.807, 2.05) is 54.3 Å². The fraction of sp³-hybridized carbons (Fsp3) is 0.333. The van der Waals surface area contributed by atoms with Crippen LogP contribution in [0.25, 0.3) is 0 Å². The van der Waals surface area contributed by atoms with Crippen molar-refractivity contribution in [1.82, 2.24) is 10.2 Å². The molecule has 1 aliphatic heterocycles. The lowest BCUT2D eigenvalue weighted by atomic mass is 10.1. The Morgan fingerprint density at radius 2 is 1.84 bits per heavy atom. The highest BCUT2D eigenvalue weighted by Crippen LogP contribution is 2.19. The third-order valence-electron chi connectivity index (χ3n) is 4.81. The predicted octanol–water partition coefficient (Wildman–Crippen LogP) is 2.70. The number of nitrogens with one attached hydrogen (secondary N) is 1. The van der Waals surface area contributed by atoms with Gasteiger partial charge in [0.25, 0.3) is 0 Å². The molecule has 0 aromatic heterocycles. The largest absolute Gasteiger partial charge is 0.352 e. The van der Waals surface area contributed by atoms with Gasteiger partial charge in [0.1, 0.15) is 0 Å². The number of likely N-dealkylation sites (tertiary alicyclic amines) is 1. The molecule has 1 N–H and O–H groups in total. The minimum Gasteiger partial charge on any atom is -0.352 e. The van der Waals surface area contributed by atoms with Crippen LogP contribution in [0.2, 0.25) is 0 Å². The van der Waals surface area contributed by atoms with E-state index in [9.17, 15) is 9.59 Å². The number of carbonyl (C=O) groups is 2. The van der Waals surface area contributed by atoms with Crippen LogP contribution in [0, 0.1) is 12.8 Å². The SMILES string of the molecule is Cc1ccccc1CNC(=O)[C@H]1CC(=O)N(CCc2ccccc2)C1. The number of rotatable bonds is 6. The number of hydrogen-bond donors (Lipinski definition) is 1. The molecule has 25 heavy (non-hydrogen) atoms. The van der Waals surface area contributed by atoms with Crippen molar-refractivity contribution in [3.05, 3.63) is 71.3 Å². The van der Waals surface area contributed by atoms with E-state index >= 15 is 0 Å². The summed E-state index contributed by atoms with van der Waals surface area (Å²) in [6.07, 6.45) is 1.14. The topological polar surface area (TPSA) is 49.4 Å². The summed E-state index contributed by atoms with van der Waals surface area (Å²) in [7, 11) is 0. The van der Waals surface area contributed by atoms with Crippen LogP contribution in [0.15, 0.2) is 54.6 Å². The highest BCUT2D eigenvalue weighted by molar-refractivity contribution is 5.89. The second-order valence-electron chi connectivity index (χ2n) is 6.62. The van der Waals surface area contributed by atoms with E-state index in [1.54, 1.807) is 0 Å². The van der Waals surface area contributed by atoms with Crippen molar-refractivity contribution < 1.29 is 9.59 Å². The summed E-state index contributed by atoms with van der Waals surface area (Å²) < 4.78 is 0. The van der Waals surface area contributed by atoms with Gasteiger partial charge in [-0.2, -0.15) is 0 Å². The van der Waals surface area contributed by atoms with Gasteiger partial charge in [-0.25, -0.2) is 0 Å². The van der Waals surface area contributed by atoms with E-state index in [0.717, 1.165) is 17.5 Å². The Bertz CT molecular complexity index is 743. The van der Waals surface area contributed by atoms with E-state index in [4.69, 9.17) is 0 Å². The van der Waals surface area contributed by atoms with Crippen LogP contribution in [0.5, 0.6) is 0 Å². The quantitative estimate of drug-likeness (QED) is 0.882. The summed E-state index contributed by atoms with van der Waals surface area (Å²) in [5, 5.41) is 2.98. The molecule has 4 heteroatoms. The Morgan fingerprint density at radius 1 is 1.12 bits per heavy atom. The van der Waals surface area contributed by atoms with Crippen LogP contribution in [-0.4, -0.2) is 29.8 Å². The van der Waals surface area contributed by atoms with Gasteiger partial charge in [-0.05, 0) is 30.0 Å². The molecule has 0 aliphatic carbocycles. The average molecular weight is 336 g/mol. The van der Waals surface area contributed by atoms with Crippen molar-refractivity contribution in [3.63, 3.8) is 0 Å². The lowest BCUT2D eigenvalue weighted by Gasteiger charge is -2.16. The maximum atomic E-state index is 12.4. The molecule has 1 heterocycles. The molecule has 130 valence electrons. The van der Waals surface area contributed by atoms with Crippen molar-refractivity contribution in [2.75, 3.05) is 13.1 Å². The van der Waals surface area contributed by atoms with Crippen LogP contribution < -0.4 is 5.32 Å². The summed E-state index contributed by atoms with van der Waals surface area (Å²) in [5.74, 6) is -0.196. The van der Waals surface area contributed by atoms with Gasteiger partial charge in [-0.3, -0.25) is 9.59 Å². The van der Waals surface area contributed by atoms with Gasteiger partial charge < -0.3 is 10.2 Å². The van der Waals surface area contributed by atoms with Gasteiger partial charge in [-0.1, -0.05) is 54.6 Å². The molecular weight excluding hydrogens is 312 g/mol. The van der Waals surface area contributed by atoms with Crippen molar-refractivity contribution >= 4 is 11.8 Å². The van der Waals surface area contributed by atoms with Gasteiger partial charge in [0.2, 0.25) is 11.8 Å². The van der Waals surface area contributed by atoms with Crippen LogP contribution >= 0.6 is 0 Å². The molecule has 0 unspecified atom stereocenters. The second-order valence-corrected chi connectivity index (χ2v) is 6.62. The molecule has 0 bridgehead atoms. The standard InChI is InChI=1S/C21H24N2O2/c1-16-7-5-6-10-18(16)14-22-21(25)19-13-20(24)23(15-19)12-11-17-8-3-2-4-9-17/h2-10,19H,11-15H2,1H3,(H,22,25)/t19-/m0/s1. The second kappa shape index (κ2) is 7.97. The molecule has 4 nitrogen and oxygen atoms in total. The summed E-state index contributed by atoms with van der Waals surface area (Å²) in [6.45, 7) is 3.74. The molecule has 1 fully saturated rings. The van der Waals surface area contributed by atoms with Gasteiger partial charge >= 0.3 is 0 Å². The molecular formula is C21H24N2O2. The highest BCUT2D eigenvalue weighted by atomic mass is 16.2. The minimum atomic E-state index is -0.243. The molecule has 0 saturated carbocycles. The zero-order valence-electron chi connectivity index (χ0n) is 14.6. The highest BCUT2D eigenvalue weighted by Gasteiger charge is 2.33. The molecule has 2 amide bonds. The van der Waals surface area contributed by atoms with Crippen molar-refractivity contribution in [2.24, 2.45) is 5.92 Å². The lowest BCUT2D eigenvalue weighted by Crippen LogP contribution is -2.33. The lowest BCUT2D eigenvalue weighted by molar-refractivity contribution is -0.129. The van der Waals surface area contributed by atoms with Gasteiger partial charge in [-0.15, -0.1) is 0 Å². The van der Waals surface area contributed by atoms with Crippen LogP contribution in [0.3, 0.4) is 0 Å². The molecule has 1 atom stereocenters. The Morgan fingerprint density at radius 3 is 2.60 bits per heavy atom. The summed E-state index contributed by atoms with van der Waals surface area (Å²) in [4.78, 5) is 26.4. The first-order chi connectivity index (χ1) is 12.1. The van der Waals surface area contributed by atoms with Crippen LogP contribution in [0.1, 0.15) is 23.1 Å². The van der Waals surface area contributed by atoms with Crippen LogP contribution in [0.4, 0.5) is 0 Å². The molecule has 0 spiro atoms. The monoisotopic (exact) mass is 336 g/mol. The number of benzene rings is 2. The van der Waals surface area contributed by atoms with Crippen molar-refractivity contribution in [1.29, 1.82) is 0 Å². The van der Waals surface area contributed by atoms with E-state index in [0.29, 0.717) is 26.1 Å². The third-order valence-corrected chi connectivity index (χ3v) is 4.81. The van der Waals surface area contributed by atoms with Crippen LogP contribution in [-0.2, 0) is 22.6 Å². The fourth-order valence-corrected chi connectivity index (χ4v) is 3.21. The number of aryl methyl sites for hydroxylation is 1. The normalized spacial score (nSPS) is 16.9. The van der Waals surface area contributed by atoms with E-state index in [2.05, 4.69) is 17.4 Å². The molecule has 1 aliphatic rings. The summed E-state index contributed by atoms with van der Waals surface area (Å²) in [6, 6.07) is 18.1. The fourth-order valence-electron chi connectivity index (χ4n) is 3.21. The number of carbonyl (C=O) groups excluding carboxylic acids is 2. The van der Waals surface area contributed by atoms with E-state index in [1.165, 1.54) is 5.56 Å². The first kappa shape index (κ1) is 17.2. The number of hydrogen-bond acceptors (Lipinski definition) is 2. The summed E-state index contributed by atoms with van der Waals surface area (Å²) >= 11 is 0. The Balaban J connectivity index is 1.49. The van der Waals surface area contributed by atoms with Gasteiger partial charge in [0.15, 0.2) is 0 Å². The zero-order valence-corrected chi connectivity index (χ0v) is 14.6. The first-order valence-corrected chi connectivity index (χ1v) is 8.77. The maximum Gasteiger partial charge on any atom is 0.225 e. The zero-order chi connectivity index (χ0) is 17.6. The summed E-state index contributed by atoms with van der Waals surface area (Å²) in [5.41, 5.74) is 3.48. The predicted molar refractivity (Wildman–Crippen MR) is 97.9 cm³/mol. The van der Waals surface area contributed by atoms with E-state index < -0.39 is 0 Å². The van der Waals surface area contributed by atoms with Crippen molar-refractivity contribution in [3.8, 4) is 0 Å². The molecule has 1 saturated heterocycles. The molecule has 2 aromatic carbocycles. The third kappa shape index (κ3) is 4.47. The van der Waals surface area contributed by atoms with Gasteiger partial charge in [0.05, 0.1) is 5.92 Å². The first-order valence-electron chi connectivity index (χ1n) is 8.77. The Hall–Kier alpha value is -2.62. The molecule has 2 aromatic rings. The van der Waals surface area contributed by atoms with Crippen molar-refractivity contribution in [2.45, 2.75) is 26.3 Å². The smallest absolute Gasteiger partial charge is 0.225 e. The average Bonchev–Trinajstić information content (AvgIpc) is 3.01. The minimum absolute atomic E-state index is 0.0289. The molecule has 3 rings (SSSR count). The van der Waals surface area contributed by atoms with E-state index in [-0.39, 0.29) is 17.7 Å². The Labute approximate surface area is 148 Å².